The molecule has 0 heterocycles. The first-order chi connectivity index (χ1) is 5.61. The molecule has 0 spiro atoms. The minimum absolute atomic E-state index is 0.381. The Balaban J connectivity index is 2.40. The van der Waals surface area contributed by atoms with Crippen LogP contribution in [0.5, 0.6) is 0 Å². The van der Waals surface area contributed by atoms with E-state index in [-0.39, 0.29) is 0 Å². The monoisotopic (exact) mass is 188 g/mol. The molecule has 1 fully saturated rings. The van der Waals surface area contributed by atoms with Crippen LogP contribution in [0.2, 0.25) is 0 Å². The minimum atomic E-state index is 0.381. The molecule has 0 aromatic carbocycles. The lowest BCUT2D eigenvalue weighted by atomic mass is 9.75. The van der Waals surface area contributed by atoms with Crippen LogP contribution in [0.4, 0.5) is 0 Å². The molecule has 3 unspecified atom stereocenters. The highest BCUT2D eigenvalue weighted by Crippen LogP contribution is 2.36. The van der Waals surface area contributed by atoms with Gasteiger partial charge in [0.05, 0.1) is 0 Å². The van der Waals surface area contributed by atoms with Crippen molar-refractivity contribution in [1.82, 2.24) is 0 Å². The summed E-state index contributed by atoms with van der Waals surface area (Å²) in [6.07, 6.45) is 5.54. The summed E-state index contributed by atoms with van der Waals surface area (Å²) in [5.74, 6) is 2.57. The van der Waals surface area contributed by atoms with E-state index in [2.05, 4.69) is 20.8 Å². The third-order valence-corrected chi connectivity index (χ3v) is 3.70. The van der Waals surface area contributed by atoms with Gasteiger partial charge in [0.2, 0.25) is 0 Å². The quantitative estimate of drug-likeness (QED) is 0.573. The normalized spacial score (nSPS) is 33.8. The SMILES string of the molecule is CC(C)C1CCCC(C(C)Cl)C1. The Morgan fingerprint density at radius 2 is 1.67 bits per heavy atom. The van der Waals surface area contributed by atoms with Crippen molar-refractivity contribution >= 4 is 11.6 Å². The van der Waals surface area contributed by atoms with Gasteiger partial charge in [-0.3, -0.25) is 0 Å². The van der Waals surface area contributed by atoms with Gasteiger partial charge in [0, 0.05) is 5.38 Å². The molecule has 0 N–H and O–H groups in total. The lowest BCUT2D eigenvalue weighted by Crippen LogP contribution is -2.24. The Hall–Kier alpha value is 0.290. The predicted octanol–water partition coefficient (Wildman–Crippen LogP) is 4.08. The van der Waals surface area contributed by atoms with Crippen molar-refractivity contribution < 1.29 is 0 Å². The molecule has 0 nitrogen and oxygen atoms in total. The van der Waals surface area contributed by atoms with E-state index in [4.69, 9.17) is 11.6 Å². The molecule has 1 saturated carbocycles. The van der Waals surface area contributed by atoms with Crippen molar-refractivity contribution in [3.63, 3.8) is 0 Å². The van der Waals surface area contributed by atoms with Crippen LogP contribution in [0.15, 0.2) is 0 Å². The topological polar surface area (TPSA) is 0 Å². The fraction of sp³-hybridized carbons (Fsp3) is 1.00. The molecular weight excluding hydrogens is 168 g/mol. The molecule has 0 saturated heterocycles. The van der Waals surface area contributed by atoms with Crippen LogP contribution in [0, 0.1) is 17.8 Å². The largest absolute Gasteiger partial charge is 0.123 e. The van der Waals surface area contributed by atoms with Crippen molar-refractivity contribution in [1.29, 1.82) is 0 Å². The van der Waals surface area contributed by atoms with Gasteiger partial charge < -0.3 is 0 Å². The maximum Gasteiger partial charge on any atom is 0.0336 e. The molecule has 0 aliphatic heterocycles. The summed E-state index contributed by atoms with van der Waals surface area (Å²) in [4.78, 5) is 0. The fourth-order valence-corrected chi connectivity index (χ4v) is 2.52. The number of hydrogen-bond donors (Lipinski definition) is 0. The van der Waals surface area contributed by atoms with Crippen LogP contribution >= 0.6 is 11.6 Å². The molecule has 1 rings (SSSR count). The third-order valence-electron chi connectivity index (χ3n) is 3.35. The number of alkyl halides is 1. The molecule has 1 heteroatoms. The predicted molar refractivity (Wildman–Crippen MR) is 55.6 cm³/mol. The van der Waals surface area contributed by atoms with Crippen LogP contribution in [0.1, 0.15) is 46.5 Å². The fourth-order valence-electron chi connectivity index (χ4n) is 2.29. The molecule has 3 atom stereocenters. The van der Waals surface area contributed by atoms with E-state index in [9.17, 15) is 0 Å². The van der Waals surface area contributed by atoms with E-state index < -0.39 is 0 Å². The van der Waals surface area contributed by atoms with Gasteiger partial charge in [-0.2, -0.15) is 0 Å². The zero-order valence-corrected chi connectivity index (χ0v) is 9.27. The maximum absolute atomic E-state index is 6.13. The Kier molecular flexibility index (Phi) is 3.89. The maximum atomic E-state index is 6.13. The van der Waals surface area contributed by atoms with E-state index in [0.717, 1.165) is 17.8 Å². The standard InChI is InChI=1S/C11H21Cl/c1-8(2)10-5-4-6-11(7-10)9(3)12/h8-11H,4-7H2,1-3H3. The van der Waals surface area contributed by atoms with Crippen molar-refractivity contribution in [2.45, 2.75) is 51.8 Å². The summed E-state index contributed by atoms with van der Waals surface area (Å²) in [5, 5.41) is 0.381. The highest BCUT2D eigenvalue weighted by molar-refractivity contribution is 6.20. The third kappa shape index (κ3) is 2.65. The van der Waals surface area contributed by atoms with E-state index in [1.807, 2.05) is 0 Å². The lowest BCUT2D eigenvalue weighted by Gasteiger charge is -2.32. The number of rotatable bonds is 2. The molecule has 1 aliphatic rings. The first kappa shape index (κ1) is 10.4. The molecular formula is C11H21Cl. The smallest absolute Gasteiger partial charge is 0.0336 e. The van der Waals surface area contributed by atoms with Crippen LogP contribution in [0.25, 0.3) is 0 Å². The average Bonchev–Trinajstić information content (AvgIpc) is 2.04. The van der Waals surface area contributed by atoms with Crippen molar-refractivity contribution in [3.8, 4) is 0 Å². The van der Waals surface area contributed by atoms with Gasteiger partial charge in [-0.25, -0.2) is 0 Å². The second-order valence-corrected chi connectivity index (χ2v) is 5.30. The molecule has 0 aromatic heterocycles. The van der Waals surface area contributed by atoms with Gasteiger partial charge in [-0.1, -0.05) is 26.7 Å². The van der Waals surface area contributed by atoms with Crippen molar-refractivity contribution in [2.75, 3.05) is 0 Å². The van der Waals surface area contributed by atoms with E-state index in [0.29, 0.717) is 5.38 Å². The molecule has 0 amide bonds. The molecule has 0 bridgehead atoms. The molecule has 0 radical (unpaired) electrons. The Morgan fingerprint density at radius 3 is 2.17 bits per heavy atom. The van der Waals surface area contributed by atoms with Crippen LogP contribution in [-0.2, 0) is 0 Å². The summed E-state index contributed by atoms with van der Waals surface area (Å²) < 4.78 is 0. The number of hydrogen-bond acceptors (Lipinski definition) is 0. The van der Waals surface area contributed by atoms with Gasteiger partial charge in [0.25, 0.3) is 0 Å². The van der Waals surface area contributed by atoms with E-state index in [1.165, 1.54) is 25.7 Å². The highest BCUT2D eigenvalue weighted by atomic mass is 35.5. The summed E-state index contributed by atoms with van der Waals surface area (Å²) >= 11 is 6.13. The first-order valence-corrected chi connectivity index (χ1v) is 5.69. The van der Waals surface area contributed by atoms with Crippen LogP contribution in [-0.4, -0.2) is 5.38 Å². The van der Waals surface area contributed by atoms with Gasteiger partial charge >= 0.3 is 0 Å². The van der Waals surface area contributed by atoms with Gasteiger partial charge in [0.1, 0.15) is 0 Å². The Morgan fingerprint density at radius 1 is 1.08 bits per heavy atom. The zero-order chi connectivity index (χ0) is 9.14. The molecule has 1 aliphatic carbocycles. The summed E-state index contributed by atoms with van der Waals surface area (Å²) in [5.41, 5.74) is 0. The van der Waals surface area contributed by atoms with Gasteiger partial charge in [-0.15, -0.1) is 11.6 Å². The van der Waals surface area contributed by atoms with E-state index in [1.54, 1.807) is 0 Å². The summed E-state index contributed by atoms with van der Waals surface area (Å²) in [7, 11) is 0. The Labute approximate surface area is 81.7 Å². The minimum Gasteiger partial charge on any atom is -0.123 e. The van der Waals surface area contributed by atoms with Gasteiger partial charge in [-0.05, 0) is 37.5 Å². The second-order valence-electron chi connectivity index (χ2n) is 4.61. The lowest BCUT2D eigenvalue weighted by molar-refractivity contribution is 0.213. The van der Waals surface area contributed by atoms with Crippen LogP contribution < -0.4 is 0 Å². The molecule has 72 valence electrons. The van der Waals surface area contributed by atoms with Crippen LogP contribution in [0.3, 0.4) is 0 Å². The summed E-state index contributed by atoms with van der Waals surface area (Å²) in [6, 6.07) is 0. The van der Waals surface area contributed by atoms with Crippen molar-refractivity contribution in [3.05, 3.63) is 0 Å². The zero-order valence-electron chi connectivity index (χ0n) is 8.52. The molecule has 0 aromatic rings. The first-order valence-electron chi connectivity index (χ1n) is 5.25. The highest BCUT2D eigenvalue weighted by Gasteiger charge is 2.26. The summed E-state index contributed by atoms with van der Waals surface area (Å²) in [6.45, 7) is 6.83. The Bertz CT molecular complexity index is 115. The molecule has 12 heavy (non-hydrogen) atoms. The average molecular weight is 189 g/mol. The van der Waals surface area contributed by atoms with E-state index >= 15 is 0 Å². The van der Waals surface area contributed by atoms with Gasteiger partial charge in [0.15, 0.2) is 0 Å². The number of halogens is 1. The second kappa shape index (κ2) is 4.50. The van der Waals surface area contributed by atoms with Crippen molar-refractivity contribution in [2.24, 2.45) is 17.8 Å².